The van der Waals surface area contributed by atoms with Gasteiger partial charge in [-0.2, -0.15) is 0 Å². The average Bonchev–Trinajstić information content (AvgIpc) is 2.51. The summed E-state index contributed by atoms with van der Waals surface area (Å²) in [7, 11) is -1.78. The molecular formula is C21H27BrOSi. The van der Waals surface area contributed by atoms with Crippen molar-refractivity contribution in [2.45, 2.75) is 38.9 Å². The average molecular weight is 403 g/mol. The van der Waals surface area contributed by atoms with Crippen LogP contribution in [0.25, 0.3) is 11.6 Å². The van der Waals surface area contributed by atoms with Gasteiger partial charge in [-0.1, -0.05) is 79.2 Å². The van der Waals surface area contributed by atoms with Gasteiger partial charge in [0.15, 0.2) is 8.32 Å². The molecule has 0 fully saturated rings. The van der Waals surface area contributed by atoms with E-state index in [0.29, 0.717) is 6.61 Å². The van der Waals surface area contributed by atoms with Crippen LogP contribution in [-0.4, -0.2) is 14.9 Å². The fraction of sp³-hybridized carbons (Fsp3) is 0.333. The molecule has 0 saturated heterocycles. The van der Waals surface area contributed by atoms with Crippen molar-refractivity contribution in [1.82, 2.24) is 0 Å². The first kappa shape index (κ1) is 19.2. The Morgan fingerprint density at radius 1 is 1.04 bits per heavy atom. The first-order valence-corrected chi connectivity index (χ1v) is 12.0. The molecule has 0 aliphatic heterocycles. The van der Waals surface area contributed by atoms with E-state index in [1.165, 1.54) is 16.7 Å². The van der Waals surface area contributed by atoms with Crippen LogP contribution in [0.3, 0.4) is 0 Å². The summed E-state index contributed by atoms with van der Waals surface area (Å²) in [5.41, 5.74) is 3.62. The molecule has 0 aromatic heterocycles. The van der Waals surface area contributed by atoms with Gasteiger partial charge in [0.25, 0.3) is 0 Å². The fourth-order valence-corrected chi connectivity index (χ4v) is 3.47. The van der Waals surface area contributed by atoms with E-state index in [0.717, 1.165) is 4.47 Å². The number of hydrogen-bond acceptors (Lipinski definition) is 1. The highest BCUT2D eigenvalue weighted by Gasteiger charge is 2.37. The van der Waals surface area contributed by atoms with Gasteiger partial charge in [0.1, 0.15) is 0 Å². The van der Waals surface area contributed by atoms with E-state index in [9.17, 15) is 0 Å². The van der Waals surface area contributed by atoms with Crippen molar-refractivity contribution in [3.63, 3.8) is 0 Å². The maximum absolute atomic E-state index is 6.48. The quantitative estimate of drug-likeness (QED) is 0.385. The molecule has 128 valence electrons. The highest BCUT2D eigenvalue weighted by atomic mass is 79.9. The van der Waals surface area contributed by atoms with Crippen LogP contribution in [0.4, 0.5) is 0 Å². The Hall–Kier alpha value is -1.16. The summed E-state index contributed by atoms with van der Waals surface area (Å²) in [5.74, 6) is 0. The first-order chi connectivity index (χ1) is 11.2. The third-order valence-corrected chi connectivity index (χ3v) is 9.70. The van der Waals surface area contributed by atoms with Gasteiger partial charge in [0.2, 0.25) is 0 Å². The van der Waals surface area contributed by atoms with Crippen LogP contribution in [0.2, 0.25) is 18.1 Å². The molecule has 0 radical (unpaired) electrons. The molecule has 3 heteroatoms. The first-order valence-electron chi connectivity index (χ1n) is 8.34. The standard InChI is InChI=1S/C21H27BrOSi/c1-21(2,3)24(4,5)23-16-19(14-17-10-7-6-8-11-17)18-12-9-13-20(22)15-18/h6-15H,16H2,1-5H3/b19-14+. The molecule has 0 N–H and O–H groups in total. The van der Waals surface area contributed by atoms with Gasteiger partial charge in [-0.15, -0.1) is 0 Å². The SMILES string of the molecule is CC(C)(C)[Si](C)(C)OC/C(=C\c1ccccc1)c1cccc(Br)c1. The van der Waals surface area contributed by atoms with Crippen molar-refractivity contribution in [2.24, 2.45) is 0 Å². The van der Waals surface area contributed by atoms with E-state index in [2.05, 4.69) is 104 Å². The third kappa shape index (κ3) is 5.17. The Morgan fingerprint density at radius 2 is 1.71 bits per heavy atom. The van der Waals surface area contributed by atoms with Gasteiger partial charge in [-0.3, -0.25) is 0 Å². The molecule has 0 bridgehead atoms. The second-order valence-electron chi connectivity index (χ2n) is 7.64. The maximum Gasteiger partial charge on any atom is 0.192 e. The minimum absolute atomic E-state index is 0.210. The summed E-state index contributed by atoms with van der Waals surface area (Å²) in [6, 6.07) is 18.9. The number of halogens is 1. The number of rotatable bonds is 5. The lowest BCUT2D eigenvalue weighted by Gasteiger charge is -2.36. The van der Waals surface area contributed by atoms with E-state index in [1.807, 2.05) is 6.07 Å². The van der Waals surface area contributed by atoms with Gasteiger partial charge < -0.3 is 4.43 Å². The molecule has 0 aliphatic rings. The Balaban J connectivity index is 2.32. The predicted octanol–water partition coefficient (Wildman–Crippen LogP) is 7.01. The van der Waals surface area contributed by atoms with Crippen LogP contribution in [0.5, 0.6) is 0 Å². The van der Waals surface area contributed by atoms with E-state index in [1.54, 1.807) is 0 Å². The summed E-state index contributed by atoms with van der Waals surface area (Å²) in [6.45, 7) is 12.1. The normalized spacial score (nSPS) is 13.2. The summed E-state index contributed by atoms with van der Waals surface area (Å²) in [5, 5.41) is 0.210. The van der Waals surface area contributed by atoms with Crippen molar-refractivity contribution in [1.29, 1.82) is 0 Å². The van der Waals surface area contributed by atoms with Gasteiger partial charge >= 0.3 is 0 Å². The topological polar surface area (TPSA) is 9.23 Å². The summed E-state index contributed by atoms with van der Waals surface area (Å²) in [4.78, 5) is 0. The summed E-state index contributed by atoms with van der Waals surface area (Å²) >= 11 is 3.58. The molecule has 0 heterocycles. The molecule has 0 unspecified atom stereocenters. The molecule has 2 rings (SSSR count). The molecule has 2 aromatic rings. The second-order valence-corrected chi connectivity index (χ2v) is 13.4. The smallest absolute Gasteiger partial charge is 0.192 e. The molecule has 0 amide bonds. The lowest BCUT2D eigenvalue weighted by molar-refractivity contribution is 0.334. The van der Waals surface area contributed by atoms with Crippen molar-refractivity contribution in [3.05, 3.63) is 70.2 Å². The van der Waals surface area contributed by atoms with Crippen molar-refractivity contribution >= 4 is 35.9 Å². The lowest BCUT2D eigenvalue weighted by atomic mass is 10.0. The van der Waals surface area contributed by atoms with E-state index in [4.69, 9.17) is 4.43 Å². The van der Waals surface area contributed by atoms with Crippen LogP contribution >= 0.6 is 15.9 Å². The minimum Gasteiger partial charge on any atom is -0.413 e. The zero-order chi connectivity index (χ0) is 17.8. The zero-order valence-corrected chi connectivity index (χ0v) is 17.9. The molecule has 0 aliphatic carbocycles. The Bertz CT molecular complexity index is 699. The molecular weight excluding hydrogens is 376 g/mol. The Kier molecular flexibility index (Phi) is 6.24. The van der Waals surface area contributed by atoms with Crippen LogP contribution in [-0.2, 0) is 4.43 Å². The molecule has 0 atom stereocenters. The van der Waals surface area contributed by atoms with Crippen LogP contribution in [0.1, 0.15) is 31.9 Å². The van der Waals surface area contributed by atoms with Gasteiger partial charge in [0, 0.05) is 4.47 Å². The fourth-order valence-electron chi connectivity index (χ4n) is 2.12. The molecule has 0 saturated carbocycles. The molecule has 1 nitrogen and oxygen atoms in total. The van der Waals surface area contributed by atoms with E-state index in [-0.39, 0.29) is 5.04 Å². The largest absolute Gasteiger partial charge is 0.413 e. The van der Waals surface area contributed by atoms with Crippen LogP contribution < -0.4 is 0 Å². The Morgan fingerprint density at radius 3 is 2.29 bits per heavy atom. The van der Waals surface area contributed by atoms with Gasteiger partial charge in [-0.05, 0) is 53.0 Å². The molecule has 0 spiro atoms. The van der Waals surface area contributed by atoms with Crippen LogP contribution in [0.15, 0.2) is 59.1 Å². The van der Waals surface area contributed by atoms with Crippen molar-refractivity contribution < 1.29 is 4.43 Å². The summed E-state index contributed by atoms with van der Waals surface area (Å²) in [6.07, 6.45) is 2.23. The van der Waals surface area contributed by atoms with Crippen molar-refractivity contribution in [3.8, 4) is 0 Å². The highest BCUT2D eigenvalue weighted by Crippen LogP contribution is 2.37. The lowest BCUT2D eigenvalue weighted by Crippen LogP contribution is -2.41. The zero-order valence-electron chi connectivity index (χ0n) is 15.3. The van der Waals surface area contributed by atoms with Gasteiger partial charge in [0.05, 0.1) is 6.61 Å². The predicted molar refractivity (Wildman–Crippen MR) is 112 cm³/mol. The number of hydrogen-bond donors (Lipinski definition) is 0. The molecule has 24 heavy (non-hydrogen) atoms. The Labute approximate surface area is 156 Å². The van der Waals surface area contributed by atoms with E-state index < -0.39 is 8.32 Å². The van der Waals surface area contributed by atoms with E-state index >= 15 is 0 Å². The van der Waals surface area contributed by atoms with Crippen molar-refractivity contribution in [2.75, 3.05) is 6.61 Å². The van der Waals surface area contributed by atoms with Crippen LogP contribution in [0, 0.1) is 0 Å². The maximum atomic E-state index is 6.48. The molecule has 2 aromatic carbocycles. The second kappa shape index (κ2) is 7.81. The third-order valence-electron chi connectivity index (χ3n) is 4.73. The van der Waals surface area contributed by atoms with Gasteiger partial charge in [-0.25, -0.2) is 0 Å². The summed E-state index contributed by atoms with van der Waals surface area (Å²) < 4.78 is 7.57. The highest BCUT2D eigenvalue weighted by molar-refractivity contribution is 9.10. The minimum atomic E-state index is -1.78. The monoisotopic (exact) mass is 402 g/mol. The number of benzene rings is 2.